The Morgan fingerprint density at radius 1 is 1.07 bits per heavy atom. The van der Waals surface area contributed by atoms with Gasteiger partial charge in [-0.3, -0.25) is 0 Å². The average molecular weight is 437 g/mol. The number of rotatable bonds is 2. The van der Waals surface area contributed by atoms with Crippen LogP contribution in [0.5, 0.6) is 0 Å². The highest BCUT2D eigenvalue weighted by Gasteiger charge is 2.26. The van der Waals surface area contributed by atoms with Crippen molar-refractivity contribution in [1.82, 2.24) is 24.8 Å². The number of halogens is 1. The summed E-state index contributed by atoms with van der Waals surface area (Å²) in [5.41, 5.74) is 0.483. The lowest BCUT2D eigenvalue weighted by atomic mass is 10.1. The first-order valence-electron chi connectivity index (χ1n) is 8.73. The fourth-order valence-corrected chi connectivity index (χ4v) is 2.66. The smallest absolute Gasteiger partial charge is 0.410 e. The van der Waals surface area contributed by atoms with E-state index in [1.165, 1.54) is 12.7 Å². The minimum Gasteiger partial charge on any atom is -0.444 e. The number of hydrogen-bond acceptors (Lipinski definition) is 7. The third kappa shape index (κ3) is 8.29. The van der Waals surface area contributed by atoms with Gasteiger partial charge in [-0.1, -0.05) is 0 Å². The molecule has 0 radical (unpaired) electrons. The van der Waals surface area contributed by atoms with Crippen molar-refractivity contribution in [1.29, 1.82) is 0 Å². The molecule has 1 amide bonds. The van der Waals surface area contributed by atoms with Gasteiger partial charge >= 0.3 is 6.09 Å². The molecule has 3 rings (SSSR count). The van der Waals surface area contributed by atoms with Crippen molar-refractivity contribution in [2.75, 3.05) is 18.4 Å². The number of hydrogen-bond donors (Lipinski definition) is 1. The number of nitrogens with zero attached hydrogens (tertiary/aromatic N) is 5. The van der Waals surface area contributed by atoms with Crippen molar-refractivity contribution < 1.29 is 9.53 Å². The zero-order valence-corrected chi connectivity index (χ0v) is 17.4. The second-order valence-corrected chi connectivity index (χ2v) is 7.99. The van der Waals surface area contributed by atoms with E-state index in [9.17, 15) is 4.79 Å². The van der Waals surface area contributed by atoms with Crippen LogP contribution in [0.25, 0.3) is 0 Å². The van der Waals surface area contributed by atoms with Crippen molar-refractivity contribution in [3.05, 3.63) is 41.9 Å². The highest BCUT2D eigenvalue weighted by atomic mass is 79.9. The van der Waals surface area contributed by atoms with Crippen molar-refractivity contribution in [3.8, 4) is 0 Å². The van der Waals surface area contributed by atoms with Crippen LogP contribution in [-0.2, 0) is 4.74 Å². The van der Waals surface area contributed by atoms with Gasteiger partial charge in [-0.05, 0) is 49.5 Å². The van der Waals surface area contributed by atoms with E-state index in [0.29, 0.717) is 19.1 Å². The lowest BCUT2D eigenvalue weighted by molar-refractivity contribution is 0.0210. The SMILES string of the molecule is Brc1cncnc1.CC(C)(C)OC(=O)N1CCC(Nc2cncnc2)CC1. The van der Waals surface area contributed by atoms with E-state index in [0.717, 1.165) is 23.0 Å². The predicted molar refractivity (Wildman–Crippen MR) is 106 cm³/mol. The molecular formula is C18H25BrN6O2. The molecular weight excluding hydrogens is 412 g/mol. The molecule has 2 aromatic heterocycles. The van der Waals surface area contributed by atoms with Crippen molar-refractivity contribution in [2.45, 2.75) is 45.3 Å². The fourth-order valence-electron chi connectivity index (χ4n) is 2.42. The van der Waals surface area contributed by atoms with Crippen LogP contribution in [0.1, 0.15) is 33.6 Å². The summed E-state index contributed by atoms with van der Waals surface area (Å²) >= 11 is 3.19. The van der Waals surface area contributed by atoms with Gasteiger partial charge < -0.3 is 15.0 Å². The monoisotopic (exact) mass is 436 g/mol. The van der Waals surface area contributed by atoms with E-state index in [2.05, 4.69) is 41.2 Å². The topological polar surface area (TPSA) is 93.1 Å². The molecule has 1 fully saturated rings. The van der Waals surface area contributed by atoms with Crippen LogP contribution in [0.4, 0.5) is 10.5 Å². The lowest BCUT2D eigenvalue weighted by Gasteiger charge is -2.34. The summed E-state index contributed by atoms with van der Waals surface area (Å²) in [6.45, 7) is 7.07. The highest BCUT2D eigenvalue weighted by molar-refractivity contribution is 9.10. The number of amides is 1. The van der Waals surface area contributed by atoms with Crippen molar-refractivity contribution >= 4 is 27.7 Å². The Kier molecular flexibility index (Phi) is 7.90. The second-order valence-electron chi connectivity index (χ2n) is 7.07. The number of anilines is 1. The molecule has 3 heterocycles. The molecule has 1 aliphatic heterocycles. The maximum Gasteiger partial charge on any atom is 0.410 e. The van der Waals surface area contributed by atoms with E-state index in [4.69, 9.17) is 4.74 Å². The molecule has 0 atom stereocenters. The maximum atomic E-state index is 11.9. The molecule has 1 aliphatic rings. The van der Waals surface area contributed by atoms with Crippen LogP contribution in [0.3, 0.4) is 0 Å². The summed E-state index contributed by atoms with van der Waals surface area (Å²) in [4.78, 5) is 29.1. The summed E-state index contributed by atoms with van der Waals surface area (Å²) in [5.74, 6) is 0. The summed E-state index contributed by atoms with van der Waals surface area (Å²) in [5, 5.41) is 3.38. The summed E-state index contributed by atoms with van der Waals surface area (Å²) < 4.78 is 6.29. The van der Waals surface area contributed by atoms with Gasteiger partial charge in [0.25, 0.3) is 0 Å². The Hall–Kier alpha value is -2.29. The van der Waals surface area contributed by atoms with Gasteiger partial charge in [0.1, 0.15) is 18.3 Å². The molecule has 0 aromatic carbocycles. The molecule has 0 unspecified atom stereocenters. The molecule has 146 valence electrons. The molecule has 1 N–H and O–H groups in total. The number of nitrogens with one attached hydrogen (secondary N) is 1. The van der Waals surface area contributed by atoms with Crippen molar-refractivity contribution in [3.63, 3.8) is 0 Å². The Morgan fingerprint density at radius 2 is 1.59 bits per heavy atom. The molecule has 0 saturated carbocycles. The normalized spacial score (nSPS) is 14.7. The quantitative estimate of drug-likeness (QED) is 0.768. The third-order valence-corrected chi connectivity index (χ3v) is 4.02. The Labute approximate surface area is 167 Å². The van der Waals surface area contributed by atoms with Gasteiger partial charge in [-0.15, -0.1) is 0 Å². The maximum absolute atomic E-state index is 11.9. The molecule has 1 saturated heterocycles. The van der Waals surface area contributed by atoms with Gasteiger partial charge in [0, 0.05) is 31.5 Å². The van der Waals surface area contributed by atoms with E-state index < -0.39 is 5.60 Å². The van der Waals surface area contributed by atoms with E-state index in [-0.39, 0.29) is 6.09 Å². The number of carbonyl (C=O) groups excluding carboxylic acids is 1. The molecule has 0 bridgehead atoms. The molecule has 0 aliphatic carbocycles. The predicted octanol–water partition coefficient (Wildman–Crippen LogP) is 3.53. The van der Waals surface area contributed by atoms with Crippen LogP contribution in [0, 0.1) is 0 Å². The van der Waals surface area contributed by atoms with Gasteiger partial charge in [0.2, 0.25) is 0 Å². The first-order chi connectivity index (χ1) is 12.8. The average Bonchev–Trinajstić information content (AvgIpc) is 2.63. The number of piperidine rings is 1. The van der Waals surface area contributed by atoms with Crippen LogP contribution in [-0.4, -0.2) is 55.7 Å². The highest BCUT2D eigenvalue weighted by Crippen LogP contribution is 2.18. The summed E-state index contributed by atoms with van der Waals surface area (Å²) in [7, 11) is 0. The van der Waals surface area contributed by atoms with Crippen LogP contribution >= 0.6 is 15.9 Å². The van der Waals surface area contributed by atoms with E-state index in [1.54, 1.807) is 29.7 Å². The standard InChI is InChI=1S/C14H22N4O2.C4H3BrN2/c1-14(2,3)20-13(19)18-6-4-11(5-7-18)17-12-8-15-10-16-9-12;5-4-1-6-3-7-2-4/h8-11,17H,4-7H2,1-3H3;1-3H. The van der Waals surface area contributed by atoms with Crippen LogP contribution in [0.2, 0.25) is 0 Å². The van der Waals surface area contributed by atoms with Crippen LogP contribution < -0.4 is 5.32 Å². The zero-order valence-electron chi connectivity index (χ0n) is 15.8. The number of likely N-dealkylation sites (tertiary alicyclic amines) is 1. The van der Waals surface area contributed by atoms with Gasteiger partial charge in [0.05, 0.1) is 22.6 Å². The minimum absolute atomic E-state index is 0.223. The minimum atomic E-state index is -0.437. The Balaban J connectivity index is 0.000000313. The van der Waals surface area contributed by atoms with Gasteiger partial charge in [0.15, 0.2) is 0 Å². The number of carbonyl (C=O) groups is 1. The Morgan fingerprint density at radius 3 is 2.04 bits per heavy atom. The Bertz CT molecular complexity index is 688. The molecule has 2 aromatic rings. The number of aromatic nitrogens is 4. The molecule has 27 heavy (non-hydrogen) atoms. The van der Waals surface area contributed by atoms with Crippen molar-refractivity contribution in [2.24, 2.45) is 0 Å². The summed E-state index contributed by atoms with van der Waals surface area (Å²) in [6.07, 6.45) is 11.5. The van der Waals surface area contributed by atoms with Gasteiger partial charge in [-0.25, -0.2) is 24.7 Å². The fraction of sp³-hybridized carbons (Fsp3) is 0.500. The molecule has 0 spiro atoms. The summed E-state index contributed by atoms with van der Waals surface area (Å²) in [6, 6.07) is 0.347. The first-order valence-corrected chi connectivity index (χ1v) is 9.53. The van der Waals surface area contributed by atoms with E-state index >= 15 is 0 Å². The van der Waals surface area contributed by atoms with E-state index in [1.807, 2.05) is 20.8 Å². The zero-order chi connectivity index (χ0) is 19.7. The molecule has 8 nitrogen and oxygen atoms in total. The first kappa shape index (κ1) is 21.0. The number of ether oxygens (including phenoxy) is 1. The lowest BCUT2D eigenvalue weighted by Crippen LogP contribution is -2.44. The largest absolute Gasteiger partial charge is 0.444 e. The molecule has 9 heteroatoms. The van der Waals surface area contributed by atoms with Crippen LogP contribution in [0.15, 0.2) is 41.9 Å². The second kappa shape index (κ2) is 10.1. The van der Waals surface area contributed by atoms with Gasteiger partial charge in [-0.2, -0.15) is 0 Å². The third-order valence-electron chi connectivity index (χ3n) is 3.61.